The molecule has 1 heterocycles. The van der Waals surface area contributed by atoms with E-state index in [1.807, 2.05) is 29.1 Å². The van der Waals surface area contributed by atoms with Crippen molar-refractivity contribution < 1.29 is 14.1 Å². The van der Waals surface area contributed by atoms with Crippen LogP contribution in [0.15, 0.2) is 24.5 Å². The summed E-state index contributed by atoms with van der Waals surface area (Å²) in [7, 11) is 0. The highest BCUT2D eigenvalue weighted by atomic mass is 16.5. The van der Waals surface area contributed by atoms with Crippen molar-refractivity contribution in [3.8, 4) is 0 Å². The van der Waals surface area contributed by atoms with Gasteiger partial charge in [0.1, 0.15) is 0 Å². The third kappa shape index (κ3) is 2.78. The third-order valence-corrected chi connectivity index (χ3v) is 6.07. The van der Waals surface area contributed by atoms with E-state index in [9.17, 15) is 4.79 Å². The minimum atomic E-state index is -0.0930. The maximum Gasteiger partial charge on any atom is 0.372 e. The summed E-state index contributed by atoms with van der Waals surface area (Å²) in [6.45, 7) is 3.03. The average molecular weight is 300 g/mol. The molecule has 4 saturated carbocycles. The number of hydrogen-bond donors (Lipinski definition) is 0. The van der Waals surface area contributed by atoms with Gasteiger partial charge >= 0.3 is 5.97 Å². The van der Waals surface area contributed by atoms with E-state index in [4.69, 9.17) is 4.74 Å². The first-order valence-corrected chi connectivity index (χ1v) is 8.72. The van der Waals surface area contributed by atoms with Crippen molar-refractivity contribution in [1.82, 2.24) is 0 Å². The molecule has 0 N–H and O–H groups in total. The largest absolute Gasteiger partial charge is 0.460 e. The molecule has 118 valence electrons. The monoisotopic (exact) mass is 300 g/mol. The Bertz CT molecular complexity index is 528. The first kappa shape index (κ1) is 14.2. The lowest BCUT2D eigenvalue weighted by molar-refractivity contribution is -0.686. The molecule has 0 aromatic carbocycles. The molecule has 0 aliphatic heterocycles. The number of hydrogen-bond acceptors (Lipinski definition) is 2. The van der Waals surface area contributed by atoms with Gasteiger partial charge in [-0.05, 0) is 68.8 Å². The number of carbonyl (C=O) groups excluding carboxylic acids is 1. The van der Waals surface area contributed by atoms with Crippen LogP contribution in [0.1, 0.15) is 44.1 Å². The van der Waals surface area contributed by atoms with Crippen molar-refractivity contribution in [2.24, 2.45) is 23.2 Å². The van der Waals surface area contributed by atoms with Crippen LogP contribution in [0, 0.1) is 30.1 Å². The van der Waals surface area contributed by atoms with Crippen molar-refractivity contribution in [3.05, 3.63) is 30.1 Å². The molecule has 4 aliphatic rings. The van der Waals surface area contributed by atoms with E-state index in [0.717, 1.165) is 17.8 Å². The van der Waals surface area contributed by atoms with E-state index in [0.29, 0.717) is 18.6 Å². The fourth-order valence-corrected chi connectivity index (χ4v) is 5.53. The molecule has 0 spiro atoms. The van der Waals surface area contributed by atoms with Gasteiger partial charge in [0, 0.05) is 17.5 Å². The second-order valence-electron chi connectivity index (χ2n) is 8.13. The smallest absolute Gasteiger partial charge is 0.372 e. The van der Waals surface area contributed by atoms with Crippen LogP contribution in [0.2, 0.25) is 0 Å². The molecule has 0 amide bonds. The van der Waals surface area contributed by atoms with Crippen molar-refractivity contribution in [3.63, 3.8) is 0 Å². The molecule has 4 fully saturated rings. The highest BCUT2D eigenvalue weighted by Crippen LogP contribution is 2.60. The first-order chi connectivity index (χ1) is 10.6. The van der Waals surface area contributed by atoms with Crippen LogP contribution in [0.5, 0.6) is 0 Å². The minimum absolute atomic E-state index is 0.0930. The zero-order valence-electron chi connectivity index (χ0n) is 13.5. The number of aryl methyl sites for hydroxylation is 1. The molecule has 0 unspecified atom stereocenters. The Labute approximate surface area is 132 Å². The summed E-state index contributed by atoms with van der Waals surface area (Å²) in [5.41, 5.74) is 1.53. The number of pyridine rings is 1. The molecule has 4 bridgehead atoms. The number of aromatic nitrogens is 1. The van der Waals surface area contributed by atoms with Crippen molar-refractivity contribution in [2.75, 3.05) is 6.61 Å². The predicted molar refractivity (Wildman–Crippen MR) is 82.9 cm³/mol. The lowest BCUT2D eigenvalue weighted by Gasteiger charge is -2.56. The Morgan fingerprint density at radius 2 is 1.68 bits per heavy atom. The quantitative estimate of drug-likeness (QED) is 0.632. The maximum atomic E-state index is 12.1. The molecule has 0 saturated heterocycles. The first-order valence-electron chi connectivity index (χ1n) is 8.72. The van der Waals surface area contributed by atoms with Gasteiger partial charge in [0.2, 0.25) is 6.54 Å². The normalized spacial score (nSPS) is 35.6. The molecule has 3 heteroatoms. The number of carbonyl (C=O) groups is 1. The number of nitrogens with zero attached hydrogens (tertiary/aromatic N) is 1. The zero-order chi connectivity index (χ0) is 15.2. The van der Waals surface area contributed by atoms with E-state index in [1.54, 1.807) is 0 Å². The molecule has 5 rings (SSSR count). The maximum absolute atomic E-state index is 12.1. The van der Waals surface area contributed by atoms with Crippen LogP contribution >= 0.6 is 0 Å². The van der Waals surface area contributed by atoms with Gasteiger partial charge in [-0.1, -0.05) is 0 Å². The molecule has 0 atom stereocenters. The SMILES string of the molecule is Cc1cc[n+](CC(=O)OCC23CC4CC(CC(C4)C2)C3)cc1. The van der Waals surface area contributed by atoms with Crippen LogP contribution < -0.4 is 4.57 Å². The molecular formula is C19H26NO2+. The van der Waals surface area contributed by atoms with Gasteiger partial charge in [-0.3, -0.25) is 0 Å². The second kappa shape index (κ2) is 5.36. The molecule has 3 nitrogen and oxygen atoms in total. The van der Waals surface area contributed by atoms with Crippen LogP contribution in [0.4, 0.5) is 0 Å². The Balaban J connectivity index is 1.34. The highest BCUT2D eigenvalue weighted by Gasteiger charge is 2.51. The van der Waals surface area contributed by atoms with Gasteiger partial charge in [0.15, 0.2) is 12.4 Å². The minimum Gasteiger partial charge on any atom is -0.460 e. The Hall–Kier alpha value is -1.38. The molecule has 22 heavy (non-hydrogen) atoms. The topological polar surface area (TPSA) is 30.2 Å². The van der Waals surface area contributed by atoms with Crippen LogP contribution in [0.3, 0.4) is 0 Å². The summed E-state index contributed by atoms with van der Waals surface area (Å²) in [6, 6.07) is 4.04. The number of ether oxygens (including phenoxy) is 1. The van der Waals surface area contributed by atoms with E-state index in [2.05, 4.69) is 6.92 Å². The fourth-order valence-electron chi connectivity index (χ4n) is 5.53. The van der Waals surface area contributed by atoms with Crippen molar-refractivity contribution in [1.29, 1.82) is 0 Å². The van der Waals surface area contributed by atoms with E-state index in [1.165, 1.54) is 44.1 Å². The fraction of sp³-hybridized carbons (Fsp3) is 0.684. The summed E-state index contributed by atoms with van der Waals surface area (Å²) in [5.74, 6) is 2.65. The van der Waals surface area contributed by atoms with Gasteiger partial charge in [0.05, 0.1) is 6.61 Å². The van der Waals surface area contributed by atoms with Crippen LogP contribution in [0.25, 0.3) is 0 Å². The van der Waals surface area contributed by atoms with Crippen LogP contribution in [-0.2, 0) is 16.1 Å². The van der Waals surface area contributed by atoms with E-state index >= 15 is 0 Å². The standard InChI is InChI=1S/C19H26NO2/c1-14-2-4-20(5-3-14)12-18(21)22-13-19-9-15-6-16(10-19)8-17(7-15)11-19/h2-5,15-17H,6-13H2,1H3/q+1. The molecule has 1 aromatic heterocycles. The third-order valence-electron chi connectivity index (χ3n) is 6.07. The lowest BCUT2D eigenvalue weighted by Crippen LogP contribution is -2.49. The van der Waals surface area contributed by atoms with Gasteiger partial charge in [-0.25, -0.2) is 4.79 Å². The summed E-state index contributed by atoms with van der Waals surface area (Å²) in [5, 5.41) is 0. The summed E-state index contributed by atoms with van der Waals surface area (Å²) in [6.07, 6.45) is 12.1. The van der Waals surface area contributed by atoms with Crippen LogP contribution in [-0.4, -0.2) is 12.6 Å². The zero-order valence-corrected chi connectivity index (χ0v) is 13.5. The summed E-state index contributed by atoms with van der Waals surface area (Å²) >= 11 is 0. The Morgan fingerprint density at radius 3 is 2.23 bits per heavy atom. The lowest BCUT2D eigenvalue weighted by atomic mass is 9.50. The Morgan fingerprint density at radius 1 is 1.14 bits per heavy atom. The van der Waals surface area contributed by atoms with E-state index < -0.39 is 0 Å². The molecule has 4 aliphatic carbocycles. The molecular weight excluding hydrogens is 274 g/mol. The van der Waals surface area contributed by atoms with E-state index in [-0.39, 0.29) is 5.97 Å². The van der Waals surface area contributed by atoms with Gasteiger partial charge in [-0.2, -0.15) is 4.57 Å². The van der Waals surface area contributed by atoms with Crippen molar-refractivity contribution in [2.45, 2.75) is 52.0 Å². The van der Waals surface area contributed by atoms with Gasteiger partial charge < -0.3 is 4.74 Å². The predicted octanol–water partition coefficient (Wildman–Crippen LogP) is 3.04. The molecule has 1 aromatic rings. The second-order valence-corrected chi connectivity index (χ2v) is 8.13. The average Bonchev–Trinajstić information content (AvgIpc) is 2.46. The number of esters is 1. The van der Waals surface area contributed by atoms with Crippen molar-refractivity contribution >= 4 is 5.97 Å². The molecule has 0 radical (unpaired) electrons. The summed E-state index contributed by atoms with van der Waals surface area (Å²) < 4.78 is 7.60. The number of rotatable bonds is 4. The van der Waals surface area contributed by atoms with Gasteiger partial charge in [0.25, 0.3) is 0 Å². The summed E-state index contributed by atoms with van der Waals surface area (Å²) in [4.78, 5) is 12.1. The van der Waals surface area contributed by atoms with Gasteiger partial charge in [-0.15, -0.1) is 0 Å². The highest BCUT2D eigenvalue weighted by molar-refractivity contribution is 5.67. The Kier molecular flexibility index (Phi) is 3.47.